The maximum absolute atomic E-state index is 12.3. The third-order valence-corrected chi connectivity index (χ3v) is 4.84. The highest BCUT2D eigenvalue weighted by atomic mass is 16.5. The lowest BCUT2D eigenvalue weighted by Crippen LogP contribution is -2.56. The van der Waals surface area contributed by atoms with Gasteiger partial charge in [0, 0.05) is 32.2 Å². The minimum absolute atomic E-state index is 0.0430. The Morgan fingerprint density at radius 3 is 2.26 bits per heavy atom. The van der Waals surface area contributed by atoms with E-state index < -0.39 is 0 Å². The monoisotopic (exact) mass is 325 g/mol. The summed E-state index contributed by atoms with van der Waals surface area (Å²) in [5, 5.41) is 3.16. The Labute approximate surface area is 139 Å². The summed E-state index contributed by atoms with van der Waals surface area (Å²) >= 11 is 0. The van der Waals surface area contributed by atoms with Gasteiger partial charge in [-0.05, 0) is 33.6 Å². The number of rotatable bonds is 6. The molecule has 0 spiro atoms. The molecule has 0 aromatic carbocycles. The average Bonchev–Trinajstić information content (AvgIpc) is 3.05. The molecule has 2 fully saturated rings. The third-order valence-electron chi connectivity index (χ3n) is 4.84. The van der Waals surface area contributed by atoms with E-state index >= 15 is 0 Å². The maximum atomic E-state index is 12.3. The normalized spacial score (nSPS) is 21.7. The first-order valence-corrected chi connectivity index (χ1v) is 8.91. The summed E-state index contributed by atoms with van der Waals surface area (Å²) in [6, 6.07) is 0.237. The van der Waals surface area contributed by atoms with E-state index in [1.807, 2.05) is 25.7 Å². The second kappa shape index (κ2) is 8.64. The highest BCUT2D eigenvalue weighted by molar-refractivity contribution is 5.81. The number of carbonyl (C=O) groups is 2. The first kappa shape index (κ1) is 18.2. The van der Waals surface area contributed by atoms with Crippen LogP contribution in [-0.2, 0) is 14.3 Å². The molecule has 1 N–H and O–H groups in total. The van der Waals surface area contributed by atoms with E-state index in [-0.39, 0.29) is 30.6 Å². The zero-order valence-electron chi connectivity index (χ0n) is 14.7. The Morgan fingerprint density at radius 2 is 1.70 bits per heavy atom. The molecule has 2 amide bonds. The summed E-state index contributed by atoms with van der Waals surface area (Å²) in [5.41, 5.74) is 0. The highest BCUT2D eigenvalue weighted by Gasteiger charge is 2.29. The molecule has 0 aromatic rings. The average molecular weight is 325 g/mol. The molecule has 1 heterocycles. The summed E-state index contributed by atoms with van der Waals surface area (Å²) in [4.78, 5) is 28.4. The van der Waals surface area contributed by atoms with Crippen molar-refractivity contribution in [3.8, 4) is 0 Å². The number of hydrogen-bond acceptors (Lipinski definition) is 4. The number of ether oxygens (including phenoxy) is 1. The zero-order chi connectivity index (χ0) is 16.8. The topological polar surface area (TPSA) is 61.9 Å². The van der Waals surface area contributed by atoms with Crippen molar-refractivity contribution in [3.63, 3.8) is 0 Å². The molecule has 0 bridgehead atoms. The van der Waals surface area contributed by atoms with Gasteiger partial charge in [0.2, 0.25) is 11.8 Å². The quantitative estimate of drug-likeness (QED) is 0.791. The Hall–Kier alpha value is -1.14. The van der Waals surface area contributed by atoms with Crippen molar-refractivity contribution in [2.24, 2.45) is 0 Å². The third kappa shape index (κ3) is 5.46. The van der Waals surface area contributed by atoms with Crippen LogP contribution in [0.3, 0.4) is 0 Å². The van der Waals surface area contributed by atoms with Gasteiger partial charge in [0.05, 0.1) is 12.1 Å². The van der Waals surface area contributed by atoms with Crippen molar-refractivity contribution in [3.05, 3.63) is 0 Å². The number of piperazine rings is 1. The van der Waals surface area contributed by atoms with Crippen LogP contribution >= 0.6 is 0 Å². The second-order valence-corrected chi connectivity index (χ2v) is 6.94. The highest BCUT2D eigenvalue weighted by Crippen LogP contribution is 2.18. The van der Waals surface area contributed by atoms with Crippen LogP contribution in [0.15, 0.2) is 0 Å². The van der Waals surface area contributed by atoms with Gasteiger partial charge in [-0.25, -0.2) is 0 Å². The zero-order valence-corrected chi connectivity index (χ0v) is 14.7. The number of hydrogen-bond donors (Lipinski definition) is 1. The van der Waals surface area contributed by atoms with Crippen LogP contribution in [0.4, 0.5) is 0 Å². The molecule has 1 saturated carbocycles. The van der Waals surface area contributed by atoms with Crippen molar-refractivity contribution >= 4 is 11.8 Å². The molecule has 0 radical (unpaired) electrons. The molecule has 2 aliphatic rings. The molecular formula is C17H31N3O3. The molecule has 0 unspecified atom stereocenters. The van der Waals surface area contributed by atoms with Gasteiger partial charge in [0.15, 0.2) is 0 Å². The van der Waals surface area contributed by atoms with E-state index in [0.717, 1.165) is 25.9 Å². The van der Waals surface area contributed by atoms with Crippen molar-refractivity contribution < 1.29 is 14.3 Å². The Morgan fingerprint density at radius 1 is 1.09 bits per heavy atom. The molecule has 1 aliphatic heterocycles. The second-order valence-electron chi connectivity index (χ2n) is 6.94. The van der Waals surface area contributed by atoms with Crippen LogP contribution in [0, 0.1) is 0 Å². The van der Waals surface area contributed by atoms with Gasteiger partial charge in [-0.3, -0.25) is 14.5 Å². The summed E-state index contributed by atoms with van der Waals surface area (Å²) in [6.07, 6.45) is 4.73. The number of nitrogens with zero attached hydrogens (tertiary/aromatic N) is 2. The van der Waals surface area contributed by atoms with Crippen LogP contribution in [0.2, 0.25) is 0 Å². The van der Waals surface area contributed by atoms with E-state index in [4.69, 9.17) is 4.74 Å². The Kier molecular flexibility index (Phi) is 6.84. The molecule has 2 rings (SSSR count). The van der Waals surface area contributed by atoms with Gasteiger partial charge in [0.25, 0.3) is 0 Å². The van der Waals surface area contributed by atoms with Gasteiger partial charge in [0.1, 0.15) is 6.61 Å². The van der Waals surface area contributed by atoms with Crippen LogP contribution in [0.1, 0.15) is 46.5 Å². The van der Waals surface area contributed by atoms with Gasteiger partial charge in [-0.2, -0.15) is 0 Å². The van der Waals surface area contributed by atoms with Gasteiger partial charge in [-0.15, -0.1) is 0 Å². The van der Waals surface area contributed by atoms with Gasteiger partial charge >= 0.3 is 0 Å². The van der Waals surface area contributed by atoms with Crippen LogP contribution < -0.4 is 5.32 Å². The van der Waals surface area contributed by atoms with Crippen molar-refractivity contribution in [2.45, 2.75) is 64.6 Å². The first-order valence-electron chi connectivity index (χ1n) is 8.91. The smallest absolute Gasteiger partial charge is 0.248 e. The van der Waals surface area contributed by atoms with Crippen molar-refractivity contribution in [1.82, 2.24) is 15.1 Å². The van der Waals surface area contributed by atoms with Crippen molar-refractivity contribution in [1.29, 1.82) is 0 Å². The lowest BCUT2D eigenvalue weighted by molar-refractivity contribution is -0.140. The van der Waals surface area contributed by atoms with E-state index in [1.54, 1.807) is 0 Å². The molecule has 132 valence electrons. The van der Waals surface area contributed by atoms with Crippen LogP contribution in [0.25, 0.3) is 0 Å². The summed E-state index contributed by atoms with van der Waals surface area (Å²) in [7, 11) is 0. The molecule has 6 nitrogen and oxygen atoms in total. The molecule has 1 saturated heterocycles. The fourth-order valence-corrected chi connectivity index (χ4v) is 3.25. The lowest BCUT2D eigenvalue weighted by Gasteiger charge is -2.37. The molecule has 1 atom stereocenters. The summed E-state index contributed by atoms with van der Waals surface area (Å²) < 4.78 is 5.37. The van der Waals surface area contributed by atoms with E-state index in [1.165, 1.54) is 12.8 Å². The summed E-state index contributed by atoms with van der Waals surface area (Å²) in [6.45, 7) is 8.78. The van der Waals surface area contributed by atoms with Crippen LogP contribution in [-0.4, -0.2) is 72.6 Å². The Bertz CT molecular complexity index is 400. The summed E-state index contributed by atoms with van der Waals surface area (Å²) in [5.74, 6) is 0.168. The minimum Gasteiger partial charge on any atom is -0.369 e. The van der Waals surface area contributed by atoms with Gasteiger partial charge in [-0.1, -0.05) is 12.8 Å². The number of nitrogens with one attached hydrogen (secondary N) is 1. The number of carbonyl (C=O) groups excluding carboxylic acids is 2. The fourth-order valence-electron chi connectivity index (χ4n) is 3.25. The lowest BCUT2D eigenvalue weighted by atomic mass is 10.2. The Balaban J connectivity index is 1.72. The van der Waals surface area contributed by atoms with E-state index in [9.17, 15) is 9.59 Å². The molecule has 6 heteroatoms. The number of amides is 2. The SMILES string of the molecule is CC(C)OCC(=O)N1CCN([C@@H](C)C(=O)NC2CCCC2)CC1. The van der Waals surface area contributed by atoms with E-state index in [2.05, 4.69) is 10.2 Å². The largest absolute Gasteiger partial charge is 0.369 e. The molecular weight excluding hydrogens is 294 g/mol. The van der Waals surface area contributed by atoms with Gasteiger partial charge < -0.3 is 15.0 Å². The molecule has 1 aliphatic carbocycles. The predicted molar refractivity (Wildman–Crippen MR) is 89.1 cm³/mol. The molecule has 0 aromatic heterocycles. The predicted octanol–water partition coefficient (Wildman–Crippen LogP) is 1.00. The molecule has 23 heavy (non-hydrogen) atoms. The van der Waals surface area contributed by atoms with Crippen LogP contribution in [0.5, 0.6) is 0 Å². The minimum atomic E-state index is -0.125. The first-order chi connectivity index (χ1) is 11.0. The fraction of sp³-hybridized carbons (Fsp3) is 0.882. The standard InChI is InChI=1S/C17H31N3O3/c1-13(2)23-12-16(21)20-10-8-19(9-11-20)14(3)17(22)18-15-6-4-5-7-15/h13-15H,4-12H2,1-3H3,(H,18,22)/t14-/m0/s1. The maximum Gasteiger partial charge on any atom is 0.248 e. The van der Waals surface area contributed by atoms with E-state index in [0.29, 0.717) is 19.1 Å². The van der Waals surface area contributed by atoms with Crippen molar-refractivity contribution in [2.75, 3.05) is 32.8 Å².